The van der Waals surface area contributed by atoms with Crippen molar-refractivity contribution in [3.63, 3.8) is 0 Å². The number of rotatable bonds is 5. The zero-order valence-electron chi connectivity index (χ0n) is 56.0. The Kier molecular flexibility index (Phi) is 40.4. The number of halogens is 23. The van der Waals surface area contributed by atoms with Crippen LogP contribution in [0.3, 0.4) is 0 Å². The van der Waals surface area contributed by atoms with Crippen LogP contribution in [0.4, 0.5) is 65.9 Å². The van der Waals surface area contributed by atoms with Gasteiger partial charge in [0.25, 0.3) is 0 Å². The highest BCUT2D eigenvalue weighted by Crippen LogP contribution is 2.37. The van der Waals surface area contributed by atoms with Crippen molar-refractivity contribution in [1.82, 2.24) is 9.97 Å². The maximum atomic E-state index is 12.9. The molecule has 2 heterocycles. The van der Waals surface area contributed by atoms with E-state index >= 15 is 0 Å². The number of alkyl halides is 9. The van der Waals surface area contributed by atoms with Crippen molar-refractivity contribution in [3.8, 4) is 0 Å². The molecule has 540 valence electrons. The summed E-state index contributed by atoms with van der Waals surface area (Å²) in [4.78, 5) is 7.90. The van der Waals surface area contributed by atoms with E-state index in [1.54, 1.807) is 51.4 Å². The molecule has 0 aliphatic carbocycles. The van der Waals surface area contributed by atoms with Crippen LogP contribution in [-0.4, -0.2) is 9.97 Å². The minimum Gasteiger partial charge on any atom is -0.262 e. The van der Waals surface area contributed by atoms with Crippen LogP contribution in [0.2, 0.25) is 25.1 Å². The normalized spacial score (nSPS) is 10.9. The summed E-state index contributed by atoms with van der Waals surface area (Å²) in [6.07, 6.45) is -9.30. The van der Waals surface area contributed by atoms with E-state index in [1.165, 1.54) is 54.6 Å². The molecule has 9 aromatic rings. The molecule has 99 heavy (non-hydrogen) atoms. The van der Waals surface area contributed by atoms with Gasteiger partial charge in [-0.3, -0.25) is 9.97 Å². The second-order valence-electron chi connectivity index (χ2n) is 23.0. The summed E-state index contributed by atoms with van der Waals surface area (Å²) < 4.78 is 188. The molecule has 7 aromatic carbocycles. The topological polar surface area (TPSA) is 25.8 Å². The Morgan fingerprint density at radius 1 is 0.364 bits per heavy atom. The van der Waals surface area contributed by atoms with Crippen LogP contribution >= 0.6 is 106 Å². The minimum absolute atomic E-state index is 0.0198. The molecule has 2 aromatic heterocycles. The van der Waals surface area contributed by atoms with Gasteiger partial charge in [-0.15, -0.1) is 0 Å². The zero-order valence-corrected chi connectivity index (χ0v) is 64.5. The summed E-state index contributed by atoms with van der Waals surface area (Å²) in [7, 11) is 0. The van der Waals surface area contributed by atoms with E-state index in [0.717, 1.165) is 79.5 Å². The predicted molar refractivity (Wildman–Crippen MR) is 386 cm³/mol. The first-order chi connectivity index (χ1) is 45.6. The first-order valence-corrected chi connectivity index (χ1v) is 34.0. The first kappa shape index (κ1) is 91.7. The Labute approximate surface area is 620 Å². The second-order valence-corrected chi connectivity index (χ2v) is 27.6. The highest BCUT2D eigenvalue weighted by molar-refractivity contribution is 9.11. The van der Waals surface area contributed by atoms with Gasteiger partial charge in [-0.1, -0.05) is 174 Å². The summed E-state index contributed by atoms with van der Waals surface area (Å²) in [6.45, 7) is 26.0. The van der Waals surface area contributed by atoms with Gasteiger partial charge in [0, 0.05) is 39.7 Å². The fourth-order valence-electron chi connectivity index (χ4n) is 7.69. The van der Waals surface area contributed by atoms with Crippen molar-refractivity contribution in [2.24, 2.45) is 0 Å². The predicted octanol–water partition coefficient (Wildman–Crippen LogP) is 30.3. The van der Waals surface area contributed by atoms with Gasteiger partial charge >= 0.3 is 18.5 Å². The smallest absolute Gasteiger partial charge is 0.262 e. The van der Waals surface area contributed by atoms with Crippen molar-refractivity contribution >= 4 is 106 Å². The average Bonchev–Trinajstić information content (AvgIpc) is 0.854. The van der Waals surface area contributed by atoms with Gasteiger partial charge in [-0.2, -0.15) is 39.5 Å². The van der Waals surface area contributed by atoms with Crippen LogP contribution in [0.25, 0.3) is 0 Å². The number of aryl methyl sites for hydroxylation is 4. The third-order valence-electron chi connectivity index (χ3n) is 13.0. The van der Waals surface area contributed by atoms with E-state index in [2.05, 4.69) is 57.8 Å². The molecule has 0 amide bonds. The van der Waals surface area contributed by atoms with Crippen molar-refractivity contribution in [1.29, 1.82) is 0 Å². The molecule has 0 aliphatic rings. The lowest BCUT2D eigenvalue weighted by molar-refractivity contribution is -0.139. The maximum absolute atomic E-state index is 12.9. The fourth-order valence-corrected chi connectivity index (χ4v) is 10.0. The maximum Gasteiger partial charge on any atom is 0.416 e. The minimum atomic E-state index is -4.26. The molecule has 0 radical (unpaired) electrons. The van der Waals surface area contributed by atoms with Crippen molar-refractivity contribution in [3.05, 3.63) is 298 Å². The highest BCUT2D eigenvalue weighted by atomic mass is 79.9. The quantitative estimate of drug-likeness (QED) is 0.0975. The molecule has 0 saturated heterocycles. The molecule has 0 N–H and O–H groups in total. The Morgan fingerprint density at radius 3 is 1.21 bits per heavy atom. The third kappa shape index (κ3) is 35.4. The molecular formula is C74H73Br3Cl5F15N2. The monoisotopic (exact) mass is 1690 g/mol. The van der Waals surface area contributed by atoms with E-state index in [1.807, 2.05) is 106 Å². The van der Waals surface area contributed by atoms with E-state index in [9.17, 15) is 65.9 Å². The zero-order chi connectivity index (χ0) is 76.2. The van der Waals surface area contributed by atoms with Crippen molar-refractivity contribution in [2.75, 3.05) is 0 Å². The summed E-state index contributed by atoms with van der Waals surface area (Å²) in [5, 5.41) is 2.81. The summed E-state index contributed by atoms with van der Waals surface area (Å²) >= 11 is 37.5. The molecule has 0 fully saturated rings. The molecular weight excluding hydrogens is 1620 g/mol. The van der Waals surface area contributed by atoms with Gasteiger partial charge in [0.1, 0.15) is 34.9 Å². The molecule has 25 heteroatoms. The average molecular weight is 1690 g/mol. The van der Waals surface area contributed by atoms with Crippen LogP contribution in [0.15, 0.2) is 171 Å². The first-order valence-electron chi connectivity index (χ1n) is 29.8. The summed E-state index contributed by atoms with van der Waals surface area (Å²) in [5.74, 6) is -2.87. The lowest BCUT2D eigenvalue weighted by Gasteiger charge is -2.14. The molecule has 0 atom stereocenters. The Balaban J connectivity index is 0.000000559. The van der Waals surface area contributed by atoms with Gasteiger partial charge in [0.2, 0.25) is 0 Å². The van der Waals surface area contributed by atoms with Gasteiger partial charge in [-0.25, -0.2) is 26.3 Å². The fraction of sp³-hybridized carbons (Fsp3) is 0.297. The molecule has 0 bridgehead atoms. The van der Waals surface area contributed by atoms with Gasteiger partial charge in [0.15, 0.2) is 0 Å². The number of hydrogen-bond donors (Lipinski definition) is 0. The number of benzene rings is 7. The van der Waals surface area contributed by atoms with E-state index in [-0.39, 0.29) is 39.1 Å². The number of pyridine rings is 2. The molecule has 0 saturated carbocycles. The van der Waals surface area contributed by atoms with E-state index < -0.39 is 70.1 Å². The molecule has 9 rings (SSSR count). The van der Waals surface area contributed by atoms with Crippen LogP contribution in [-0.2, 0) is 18.5 Å². The van der Waals surface area contributed by atoms with Gasteiger partial charge in [0.05, 0.1) is 51.4 Å². The van der Waals surface area contributed by atoms with Gasteiger partial charge < -0.3 is 0 Å². The van der Waals surface area contributed by atoms with E-state index in [0.29, 0.717) is 42.3 Å². The third-order valence-corrected chi connectivity index (χ3v) is 17.1. The summed E-state index contributed by atoms with van der Waals surface area (Å²) in [5.41, 5.74) is 4.94. The lowest BCUT2D eigenvalue weighted by Crippen LogP contribution is -2.09. The SMILES string of the molecule is CC(C)c1cc(F)c(Br)c(F)c1.CC(C)c1cc(F)cc(F)c1.CC(C)c1cc(F)cc(F)c1Cl.CC(C)c1ccc(C(F)(F)F)cc1.CC(C)c1ccccc1C(F)(F)F.Cc1cc(Br)cc(C(F)(F)F)c1.Cc1cc(Cl)c(Br)c(Cl)c1.Cc1cc(Cl)ccn1.Cc1ncccc1Cl. The number of hydrogen-bond acceptors (Lipinski definition) is 2. The van der Waals surface area contributed by atoms with Gasteiger partial charge in [-0.05, 0) is 231 Å². The Bertz CT molecular complexity index is 3810. The Morgan fingerprint density at radius 2 is 0.828 bits per heavy atom. The standard InChI is InChI=1S/2C10H11F3.C9H9BrF2.C9H9ClF2.C9H10F2.C8H6BrF3.C7H5BrCl2.2C6H6ClN/c1-7(2)8-3-5-9(6-4-8)10(11,12)13;1-7(2)8-5-3-4-6-9(8)10(11,12)13;1-5(2)6-3-7(11)9(10)8(12)4-6;1-5(2)7-3-6(11)4-8(12)9(7)10;1-6(2)7-3-8(10)5-9(11)4-7;1-5-2-6(8(10,11)12)4-7(9)3-5;1-4-2-5(9)7(8)6(10)3-4;1-5-4-6(7)2-3-8-5;1-5-6(7)3-2-4-8-5/h2*3-7H,1-2H3;2*3-5H,1-2H3;3-6H,1-2H3;2-4H,1H3;2-3H,1H3;2*2-4H,1H3. The molecule has 2 nitrogen and oxygen atoms in total. The molecule has 0 unspecified atom stereocenters. The van der Waals surface area contributed by atoms with Crippen LogP contribution in [0, 0.1) is 62.6 Å². The molecule has 0 spiro atoms. The lowest BCUT2D eigenvalue weighted by atomic mass is 9.97. The largest absolute Gasteiger partial charge is 0.416 e. The number of aromatic nitrogens is 2. The summed E-state index contributed by atoms with van der Waals surface area (Å²) in [6, 6.07) is 34.0. The Hall–Kier alpha value is -5.32. The van der Waals surface area contributed by atoms with Crippen molar-refractivity contribution in [2.45, 2.75) is 145 Å². The van der Waals surface area contributed by atoms with Crippen LogP contribution in [0.1, 0.15) is 166 Å². The second kappa shape index (κ2) is 43.6. The number of nitrogens with zero attached hydrogens (tertiary/aromatic N) is 2. The molecule has 0 aliphatic heterocycles. The van der Waals surface area contributed by atoms with Crippen molar-refractivity contribution < 1.29 is 65.9 Å². The van der Waals surface area contributed by atoms with Crippen LogP contribution in [0.5, 0.6) is 0 Å². The highest BCUT2D eigenvalue weighted by Gasteiger charge is 2.34. The van der Waals surface area contributed by atoms with E-state index in [4.69, 9.17) is 58.0 Å². The van der Waals surface area contributed by atoms with Crippen LogP contribution < -0.4 is 0 Å².